The lowest BCUT2D eigenvalue weighted by atomic mass is 10.2. The average Bonchev–Trinajstić information content (AvgIpc) is 3.09. The molecule has 1 aliphatic rings. The fourth-order valence-electron chi connectivity index (χ4n) is 2.17. The van der Waals surface area contributed by atoms with Gasteiger partial charge in [0.2, 0.25) is 0 Å². The summed E-state index contributed by atoms with van der Waals surface area (Å²) in [5.74, 6) is 1.49. The number of nitrogens with zero attached hydrogens (tertiary/aromatic N) is 4. The Labute approximate surface area is 105 Å². The molecule has 0 radical (unpaired) electrons. The smallest absolute Gasteiger partial charge is 0.192 e. The van der Waals surface area contributed by atoms with Crippen molar-refractivity contribution in [3.05, 3.63) is 30.1 Å². The highest BCUT2D eigenvalue weighted by atomic mass is 16.5. The van der Waals surface area contributed by atoms with Crippen LogP contribution in [0.2, 0.25) is 0 Å². The van der Waals surface area contributed by atoms with E-state index in [1.807, 2.05) is 24.3 Å². The van der Waals surface area contributed by atoms with Crippen LogP contribution in [-0.2, 0) is 0 Å². The van der Waals surface area contributed by atoms with Crippen LogP contribution >= 0.6 is 0 Å². The normalized spacial score (nSPS) is 19.1. The van der Waals surface area contributed by atoms with Gasteiger partial charge in [-0.15, -0.1) is 15.0 Å². The van der Waals surface area contributed by atoms with Crippen LogP contribution in [0, 0.1) is 0 Å². The van der Waals surface area contributed by atoms with Crippen LogP contribution in [0.3, 0.4) is 0 Å². The topological polar surface area (TPSA) is 64.9 Å². The van der Waals surface area contributed by atoms with Gasteiger partial charge in [0.1, 0.15) is 11.4 Å². The van der Waals surface area contributed by atoms with E-state index in [9.17, 15) is 0 Å². The van der Waals surface area contributed by atoms with E-state index >= 15 is 0 Å². The van der Waals surface area contributed by atoms with E-state index < -0.39 is 0 Å². The van der Waals surface area contributed by atoms with Crippen molar-refractivity contribution >= 4 is 0 Å². The van der Waals surface area contributed by atoms with Crippen LogP contribution in [0.1, 0.15) is 24.7 Å². The van der Waals surface area contributed by atoms with Crippen molar-refractivity contribution in [2.24, 2.45) is 0 Å². The number of hydrogen-bond donors (Lipinski definition) is 1. The molecule has 0 bridgehead atoms. The Morgan fingerprint density at radius 3 is 3.06 bits per heavy atom. The van der Waals surface area contributed by atoms with E-state index in [4.69, 9.17) is 4.74 Å². The second kappa shape index (κ2) is 4.73. The van der Waals surface area contributed by atoms with E-state index in [-0.39, 0.29) is 6.04 Å². The molecule has 1 aliphatic heterocycles. The second-order valence-corrected chi connectivity index (χ2v) is 4.26. The van der Waals surface area contributed by atoms with Crippen LogP contribution in [0.15, 0.2) is 24.3 Å². The summed E-state index contributed by atoms with van der Waals surface area (Å²) in [7, 11) is 1.63. The van der Waals surface area contributed by atoms with Gasteiger partial charge >= 0.3 is 0 Å². The summed E-state index contributed by atoms with van der Waals surface area (Å²) in [6.07, 6.45) is 2.23. The molecule has 0 aliphatic carbocycles. The Bertz CT molecular complexity index is 533. The van der Waals surface area contributed by atoms with Gasteiger partial charge in [-0.3, -0.25) is 0 Å². The Kier molecular flexibility index (Phi) is 2.93. The van der Waals surface area contributed by atoms with Gasteiger partial charge in [0.05, 0.1) is 13.2 Å². The van der Waals surface area contributed by atoms with Gasteiger partial charge in [-0.25, -0.2) is 0 Å². The molecule has 1 atom stereocenters. The molecule has 2 aromatic rings. The van der Waals surface area contributed by atoms with Crippen molar-refractivity contribution in [1.82, 2.24) is 25.5 Å². The first-order valence-electron chi connectivity index (χ1n) is 6.05. The first-order chi connectivity index (χ1) is 8.88. The number of nitrogens with one attached hydrogen (secondary N) is 1. The maximum atomic E-state index is 5.29. The van der Waals surface area contributed by atoms with E-state index in [1.165, 1.54) is 4.80 Å². The lowest BCUT2D eigenvalue weighted by Crippen LogP contribution is -2.14. The van der Waals surface area contributed by atoms with Crippen molar-refractivity contribution in [3.8, 4) is 11.4 Å². The number of ether oxygens (including phenoxy) is 1. The van der Waals surface area contributed by atoms with E-state index in [0.29, 0.717) is 0 Å². The van der Waals surface area contributed by atoms with E-state index in [0.717, 1.165) is 36.6 Å². The molecule has 0 amide bonds. The molecule has 2 heterocycles. The number of benzene rings is 1. The molecule has 6 heteroatoms. The van der Waals surface area contributed by atoms with Gasteiger partial charge in [-0.2, -0.15) is 0 Å². The van der Waals surface area contributed by atoms with Gasteiger partial charge in [0.25, 0.3) is 0 Å². The summed E-state index contributed by atoms with van der Waals surface area (Å²) in [6.45, 7) is 1.02. The molecule has 3 rings (SSSR count). The highest BCUT2D eigenvalue weighted by Crippen LogP contribution is 2.22. The lowest BCUT2D eigenvalue weighted by molar-refractivity contribution is 0.409. The zero-order valence-corrected chi connectivity index (χ0v) is 10.2. The Balaban J connectivity index is 1.92. The summed E-state index contributed by atoms with van der Waals surface area (Å²) in [5, 5.41) is 16.0. The third-order valence-electron chi connectivity index (χ3n) is 3.10. The minimum absolute atomic E-state index is 0.230. The van der Waals surface area contributed by atoms with Crippen LogP contribution in [0.5, 0.6) is 5.75 Å². The minimum Gasteiger partial charge on any atom is -0.494 e. The average molecular weight is 245 g/mol. The van der Waals surface area contributed by atoms with Crippen molar-refractivity contribution < 1.29 is 4.74 Å². The second-order valence-electron chi connectivity index (χ2n) is 4.26. The van der Waals surface area contributed by atoms with Crippen LogP contribution in [0.25, 0.3) is 5.69 Å². The molecule has 1 saturated heterocycles. The zero-order valence-electron chi connectivity index (χ0n) is 10.2. The largest absolute Gasteiger partial charge is 0.494 e. The third kappa shape index (κ3) is 1.95. The maximum absolute atomic E-state index is 5.29. The highest BCUT2D eigenvalue weighted by molar-refractivity contribution is 5.44. The Morgan fingerprint density at radius 1 is 1.39 bits per heavy atom. The number of tetrazole rings is 1. The fraction of sp³-hybridized carbons (Fsp3) is 0.417. The van der Waals surface area contributed by atoms with Gasteiger partial charge < -0.3 is 10.1 Å². The van der Waals surface area contributed by atoms with Crippen LogP contribution in [-0.4, -0.2) is 33.9 Å². The van der Waals surface area contributed by atoms with Gasteiger partial charge in [0, 0.05) is 0 Å². The molecule has 1 aromatic heterocycles. The summed E-state index contributed by atoms with van der Waals surface area (Å²) < 4.78 is 5.29. The zero-order chi connectivity index (χ0) is 12.4. The molecular formula is C12H15N5O. The lowest BCUT2D eigenvalue weighted by Gasteiger charge is -2.06. The Hall–Kier alpha value is -1.95. The van der Waals surface area contributed by atoms with Gasteiger partial charge in [0.15, 0.2) is 5.82 Å². The van der Waals surface area contributed by atoms with Crippen molar-refractivity contribution in [3.63, 3.8) is 0 Å². The molecule has 1 N–H and O–H groups in total. The standard InChI is InChI=1S/C12H15N5O/c1-18-11-7-3-2-6-10(11)17-15-12(14-16-17)9-5-4-8-13-9/h2-3,6-7,9,13H,4-5,8H2,1H3. The number of hydrogen-bond acceptors (Lipinski definition) is 5. The highest BCUT2D eigenvalue weighted by Gasteiger charge is 2.21. The fourth-order valence-corrected chi connectivity index (χ4v) is 2.17. The summed E-state index contributed by atoms with van der Waals surface area (Å²) in [4.78, 5) is 1.52. The Morgan fingerprint density at radius 2 is 2.28 bits per heavy atom. The molecule has 6 nitrogen and oxygen atoms in total. The van der Waals surface area contributed by atoms with Crippen molar-refractivity contribution in [2.75, 3.05) is 13.7 Å². The summed E-state index contributed by atoms with van der Waals surface area (Å²) in [6, 6.07) is 7.86. The molecule has 1 aromatic carbocycles. The SMILES string of the molecule is COc1ccccc1-n1nnc(C2CCCN2)n1. The van der Waals surface area contributed by atoms with Gasteiger partial charge in [-0.1, -0.05) is 12.1 Å². The van der Waals surface area contributed by atoms with E-state index in [1.54, 1.807) is 7.11 Å². The molecule has 1 fully saturated rings. The first kappa shape index (κ1) is 11.2. The molecule has 94 valence electrons. The number of rotatable bonds is 3. The quantitative estimate of drug-likeness (QED) is 0.877. The number of methoxy groups -OCH3 is 1. The van der Waals surface area contributed by atoms with Crippen molar-refractivity contribution in [2.45, 2.75) is 18.9 Å². The monoisotopic (exact) mass is 245 g/mol. The predicted molar refractivity (Wildman–Crippen MR) is 65.7 cm³/mol. The van der Waals surface area contributed by atoms with Gasteiger partial charge in [-0.05, 0) is 36.7 Å². The third-order valence-corrected chi connectivity index (χ3v) is 3.10. The molecule has 0 saturated carbocycles. The molecule has 18 heavy (non-hydrogen) atoms. The molecular weight excluding hydrogens is 230 g/mol. The maximum Gasteiger partial charge on any atom is 0.192 e. The number of aromatic nitrogens is 4. The summed E-state index contributed by atoms with van der Waals surface area (Å²) in [5.41, 5.74) is 0.803. The van der Waals surface area contributed by atoms with E-state index in [2.05, 4.69) is 20.7 Å². The predicted octanol–water partition coefficient (Wildman–Crippen LogP) is 1.10. The minimum atomic E-state index is 0.230. The van der Waals surface area contributed by atoms with Crippen LogP contribution < -0.4 is 10.1 Å². The molecule has 0 spiro atoms. The molecule has 1 unspecified atom stereocenters. The summed E-state index contributed by atoms with van der Waals surface area (Å²) >= 11 is 0. The first-order valence-corrected chi connectivity index (χ1v) is 6.05. The number of para-hydroxylation sites is 2. The van der Waals surface area contributed by atoms with Crippen molar-refractivity contribution in [1.29, 1.82) is 0 Å². The van der Waals surface area contributed by atoms with Crippen LogP contribution in [0.4, 0.5) is 0 Å².